The molecule has 19 heavy (non-hydrogen) atoms. The van der Waals surface area contributed by atoms with Crippen LogP contribution in [-0.4, -0.2) is 17.9 Å². The molecule has 0 aromatic heterocycles. The molecule has 0 unspecified atom stereocenters. The Bertz CT molecular complexity index is 511. The molecule has 1 aromatic rings. The SMILES string of the molecule is S=C1N[C@H]2OCCC[C@H]2[C@H](c2ccc(Cl)cc2Cl)N1. The molecule has 0 amide bonds. The highest BCUT2D eigenvalue weighted by molar-refractivity contribution is 7.80. The van der Waals surface area contributed by atoms with Gasteiger partial charge in [0.2, 0.25) is 0 Å². The van der Waals surface area contributed by atoms with Crippen molar-refractivity contribution in [3.05, 3.63) is 33.8 Å². The van der Waals surface area contributed by atoms with Crippen molar-refractivity contribution in [2.45, 2.75) is 25.1 Å². The maximum Gasteiger partial charge on any atom is 0.168 e. The number of fused-ring (bicyclic) bond motifs is 1. The molecule has 0 radical (unpaired) electrons. The van der Waals surface area contributed by atoms with Crippen molar-refractivity contribution in [2.75, 3.05) is 6.61 Å². The van der Waals surface area contributed by atoms with E-state index in [9.17, 15) is 0 Å². The van der Waals surface area contributed by atoms with Crippen molar-refractivity contribution in [3.8, 4) is 0 Å². The molecule has 2 N–H and O–H groups in total. The third kappa shape index (κ3) is 2.68. The smallest absolute Gasteiger partial charge is 0.168 e. The lowest BCUT2D eigenvalue weighted by atomic mass is 9.85. The summed E-state index contributed by atoms with van der Waals surface area (Å²) in [6, 6.07) is 5.66. The van der Waals surface area contributed by atoms with Gasteiger partial charge in [0.25, 0.3) is 0 Å². The molecule has 3 atom stereocenters. The monoisotopic (exact) mass is 316 g/mol. The number of hydrogen-bond acceptors (Lipinski definition) is 2. The second-order valence-corrected chi connectivity index (χ2v) is 6.11. The lowest BCUT2D eigenvalue weighted by Gasteiger charge is -2.43. The van der Waals surface area contributed by atoms with E-state index in [-0.39, 0.29) is 12.3 Å². The maximum absolute atomic E-state index is 6.31. The molecule has 0 saturated carbocycles. The first-order valence-electron chi connectivity index (χ1n) is 6.29. The predicted molar refractivity (Wildman–Crippen MR) is 80.5 cm³/mol. The second kappa shape index (κ2) is 5.44. The summed E-state index contributed by atoms with van der Waals surface area (Å²) in [4.78, 5) is 0. The molecule has 6 heteroatoms. The fraction of sp³-hybridized carbons (Fsp3) is 0.462. The molecule has 3 rings (SSSR count). The van der Waals surface area contributed by atoms with Crippen LogP contribution in [0.1, 0.15) is 24.4 Å². The van der Waals surface area contributed by atoms with E-state index in [1.807, 2.05) is 12.1 Å². The van der Waals surface area contributed by atoms with Crippen LogP contribution < -0.4 is 10.6 Å². The number of thiocarbonyl (C=S) groups is 1. The van der Waals surface area contributed by atoms with Crippen LogP contribution in [0.2, 0.25) is 10.0 Å². The summed E-state index contributed by atoms with van der Waals surface area (Å²) in [6.07, 6.45) is 2.11. The van der Waals surface area contributed by atoms with Crippen molar-refractivity contribution in [1.82, 2.24) is 10.6 Å². The first kappa shape index (κ1) is 13.4. The third-order valence-corrected chi connectivity index (χ3v) is 4.45. The Kier molecular flexibility index (Phi) is 3.85. The van der Waals surface area contributed by atoms with Crippen molar-refractivity contribution in [2.24, 2.45) is 5.92 Å². The fourth-order valence-electron chi connectivity index (χ4n) is 2.78. The van der Waals surface area contributed by atoms with Gasteiger partial charge in [-0.05, 0) is 42.8 Å². The third-order valence-electron chi connectivity index (χ3n) is 3.65. The van der Waals surface area contributed by atoms with Gasteiger partial charge in [-0.2, -0.15) is 0 Å². The van der Waals surface area contributed by atoms with Crippen LogP contribution in [-0.2, 0) is 4.74 Å². The van der Waals surface area contributed by atoms with Crippen molar-refractivity contribution < 1.29 is 4.74 Å². The molecule has 102 valence electrons. The van der Waals surface area contributed by atoms with Gasteiger partial charge in [-0.3, -0.25) is 0 Å². The summed E-state index contributed by atoms with van der Waals surface area (Å²) in [7, 11) is 0. The Morgan fingerprint density at radius 3 is 2.89 bits per heavy atom. The minimum Gasteiger partial charge on any atom is -0.358 e. The Morgan fingerprint density at radius 1 is 1.26 bits per heavy atom. The van der Waals surface area contributed by atoms with Gasteiger partial charge in [0, 0.05) is 22.6 Å². The number of benzene rings is 1. The van der Waals surface area contributed by atoms with Gasteiger partial charge < -0.3 is 15.4 Å². The van der Waals surface area contributed by atoms with Crippen molar-refractivity contribution in [1.29, 1.82) is 0 Å². The van der Waals surface area contributed by atoms with Gasteiger partial charge in [-0.1, -0.05) is 29.3 Å². The van der Waals surface area contributed by atoms with Crippen LogP contribution in [0.3, 0.4) is 0 Å². The van der Waals surface area contributed by atoms with E-state index < -0.39 is 0 Å². The zero-order chi connectivity index (χ0) is 13.4. The number of halogens is 2. The molecule has 1 aromatic carbocycles. The summed E-state index contributed by atoms with van der Waals surface area (Å²) >= 11 is 17.5. The predicted octanol–water partition coefficient (Wildman–Crippen LogP) is 3.26. The molecular formula is C13H14Cl2N2OS. The van der Waals surface area contributed by atoms with Gasteiger partial charge in [-0.15, -0.1) is 0 Å². The van der Waals surface area contributed by atoms with Crippen LogP contribution in [0.15, 0.2) is 18.2 Å². The van der Waals surface area contributed by atoms with E-state index >= 15 is 0 Å². The molecule has 0 bridgehead atoms. The summed E-state index contributed by atoms with van der Waals surface area (Å²) in [5.74, 6) is 0.319. The standard InChI is InChI=1S/C13H14Cl2N2OS/c14-7-3-4-8(10(15)6-7)11-9-2-1-5-18-12(9)17-13(19)16-11/h3-4,6,9,11-12H,1-2,5H2,(H2,16,17,19)/t9-,11-,12-/m0/s1. The molecule has 2 aliphatic rings. The van der Waals surface area contributed by atoms with Crippen LogP contribution in [0.5, 0.6) is 0 Å². The summed E-state index contributed by atoms with van der Waals surface area (Å²) < 4.78 is 5.76. The quantitative estimate of drug-likeness (QED) is 0.779. The molecule has 2 saturated heterocycles. The lowest BCUT2D eigenvalue weighted by Crippen LogP contribution is -2.58. The first-order chi connectivity index (χ1) is 9.15. The number of hydrogen-bond donors (Lipinski definition) is 2. The van der Waals surface area contributed by atoms with E-state index in [0.717, 1.165) is 25.0 Å². The van der Waals surface area contributed by atoms with Crippen LogP contribution in [0.25, 0.3) is 0 Å². The molecule has 2 aliphatic heterocycles. The Hall–Kier alpha value is -0.550. The maximum atomic E-state index is 6.31. The van der Waals surface area contributed by atoms with Gasteiger partial charge in [0.05, 0.1) is 6.04 Å². The minimum atomic E-state index is -0.0285. The molecule has 0 aliphatic carbocycles. The van der Waals surface area contributed by atoms with Crippen LogP contribution >= 0.6 is 35.4 Å². The van der Waals surface area contributed by atoms with E-state index in [1.54, 1.807) is 6.07 Å². The summed E-state index contributed by atoms with van der Waals surface area (Å²) in [5, 5.41) is 8.40. The van der Waals surface area contributed by atoms with Gasteiger partial charge >= 0.3 is 0 Å². The van der Waals surface area contributed by atoms with Crippen molar-refractivity contribution in [3.63, 3.8) is 0 Å². The minimum absolute atomic E-state index is 0.0285. The zero-order valence-corrected chi connectivity index (χ0v) is 12.5. The fourth-order valence-corrected chi connectivity index (χ4v) is 3.54. The molecule has 0 spiro atoms. The van der Waals surface area contributed by atoms with Crippen molar-refractivity contribution >= 4 is 40.5 Å². The summed E-state index contributed by atoms with van der Waals surface area (Å²) in [6.45, 7) is 0.776. The van der Waals surface area contributed by atoms with Gasteiger partial charge in [-0.25, -0.2) is 0 Å². The molecule has 3 nitrogen and oxygen atoms in total. The number of rotatable bonds is 1. The summed E-state index contributed by atoms with van der Waals surface area (Å²) in [5.41, 5.74) is 1.02. The van der Waals surface area contributed by atoms with E-state index in [1.165, 1.54) is 0 Å². The Morgan fingerprint density at radius 2 is 2.11 bits per heavy atom. The largest absolute Gasteiger partial charge is 0.358 e. The van der Waals surface area contributed by atoms with Gasteiger partial charge in [0.15, 0.2) is 5.11 Å². The number of nitrogens with one attached hydrogen (secondary N) is 2. The average molecular weight is 317 g/mol. The topological polar surface area (TPSA) is 33.3 Å². The van der Waals surface area contributed by atoms with E-state index in [0.29, 0.717) is 21.1 Å². The second-order valence-electron chi connectivity index (χ2n) is 4.86. The molecule has 2 fully saturated rings. The molecule has 2 heterocycles. The van der Waals surface area contributed by atoms with Gasteiger partial charge in [0.1, 0.15) is 6.23 Å². The highest BCUT2D eigenvalue weighted by Gasteiger charge is 2.38. The van der Waals surface area contributed by atoms with E-state index in [2.05, 4.69) is 10.6 Å². The Labute approximate surface area is 127 Å². The number of ether oxygens (including phenoxy) is 1. The highest BCUT2D eigenvalue weighted by Crippen LogP contribution is 2.37. The Balaban J connectivity index is 1.94. The molecular weight excluding hydrogens is 303 g/mol. The average Bonchev–Trinajstić information content (AvgIpc) is 2.38. The van der Waals surface area contributed by atoms with Crippen LogP contribution in [0.4, 0.5) is 0 Å². The van der Waals surface area contributed by atoms with Crippen LogP contribution in [0, 0.1) is 5.92 Å². The first-order valence-corrected chi connectivity index (χ1v) is 7.45. The lowest BCUT2D eigenvalue weighted by molar-refractivity contribution is -0.0536. The normalized spacial score (nSPS) is 30.2. The zero-order valence-electron chi connectivity index (χ0n) is 10.2. The van der Waals surface area contributed by atoms with E-state index in [4.69, 9.17) is 40.2 Å². The highest BCUT2D eigenvalue weighted by atomic mass is 35.5.